The summed E-state index contributed by atoms with van der Waals surface area (Å²) in [4.78, 5) is 14.6. The molecule has 0 bridgehead atoms. The van der Waals surface area contributed by atoms with E-state index in [0.717, 1.165) is 25.4 Å². The lowest BCUT2D eigenvalue weighted by Gasteiger charge is -2.34. The number of piperazine rings is 1. The van der Waals surface area contributed by atoms with Crippen molar-refractivity contribution >= 4 is 5.91 Å². The Balaban J connectivity index is 1.77. The zero-order valence-electron chi connectivity index (χ0n) is 12.7. The molecule has 4 heteroatoms. The highest BCUT2D eigenvalue weighted by molar-refractivity contribution is 5.95. The third-order valence-electron chi connectivity index (χ3n) is 3.82. The van der Waals surface area contributed by atoms with E-state index < -0.39 is 0 Å². The van der Waals surface area contributed by atoms with Gasteiger partial charge in [-0.05, 0) is 37.3 Å². The molecule has 2 aromatic carbocycles. The molecule has 2 aromatic rings. The second-order valence-corrected chi connectivity index (χ2v) is 5.49. The van der Waals surface area contributed by atoms with Crippen LogP contribution in [-0.4, -0.2) is 36.5 Å². The Morgan fingerprint density at radius 1 is 1.14 bits per heavy atom. The molecule has 1 heterocycles. The third-order valence-corrected chi connectivity index (χ3v) is 3.82. The number of nitrogens with zero attached hydrogens (tertiary/aromatic N) is 1. The number of ether oxygens (including phenoxy) is 1. The smallest absolute Gasteiger partial charge is 0.254 e. The van der Waals surface area contributed by atoms with E-state index in [-0.39, 0.29) is 11.9 Å². The van der Waals surface area contributed by atoms with Gasteiger partial charge in [0, 0.05) is 31.2 Å². The monoisotopic (exact) mass is 296 g/mol. The van der Waals surface area contributed by atoms with Crippen LogP contribution in [0.25, 0.3) is 0 Å². The Labute approximate surface area is 130 Å². The maximum atomic E-state index is 12.7. The van der Waals surface area contributed by atoms with Crippen LogP contribution in [-0.2, 0) is 0 Å². The van der Waals surface area contributed by atoms with Crippen LogP contribution in [0.3, 0.4) is 0 Å². The fraction of sp³-hybridized carbons (Fsp3) is 0.278. The van der Waals surface area contributed by atoms with Gasteiger partial charge in [-0.2, -0.15) is 0 Å². The van der Waals surface area contributed by atoms with Gasteiger partial charge in [0.25, 0.3) is 5.91 Å². The van der Waals surface area contributed by atoms with Crippen molar-refractivity contribution in [2.24, 2.45) is 0 Å². The summed E-state index contributed by atoms with van der Waals surface area (Å²) in [6, 6.07) is 17.2. The Bertz CT molecular complexity index is 643. The molecule has 1 amide bonds. The van der Waals surface area contributed by atoms with Crippen molar-refractivity contribution < 1.29 is 9.53 Å². The largest absolute Gasteiger partial charge is 0.457 e. The lowest BCUT2D eigenvalue weighted by molar-refractivity contribution is 0.0655. The molecule has 1 aliphatic heterocycles. The van der Waals surface area contributed by atoms with E-state index >= 15 is 0 Å². The van der Waals surface area contributed by atoms with Crippen molar-refractivity contribution in [3.8, 4) is 11.5 Å². The van der Waals surface area contributed by atoms with E-state index in [0.29, 0.717) is 11.3 Å². The fourth-order valence-electron chi connectivity index (χ4n) is 2.63. The SMILES string of the molecule is CC1CNCCN1C(=O)c1cccc(Oc2ccccc2)c1. The van der Waals surface area contributed by atoms with Gasteiger partial charge in [0.1, 0.15) is 11.5 Å². The molecular weight excluding hydrogens is 276 g/mol. The van der Waals surface area contributed by atoms with Gasteiger partial charge in [-0.15, -0.1) is 0 Å². The molecule has 1 atom stereocenters. The molecule has 3 rings (SSSR count). The quantitative estimate of drug-likeness (QED) is 0.947. The van der Waals surface area contributed by atoms with E-state index in [1.165, 1.54) is 0 Å². The molecule has 0 aliphatic carbocycles. The van der Waals surface area contributed by atoms with Crippen molar-refractivity contribution in [3.05, 3.63) is 60.2 Å². The van der Waals surface area contributed by atoms with E-state index in [1.807, 2.05) is 59.5 Å². The molecule has 114 valence electrons. The number of carbonyl (C=O) groups is 1. The van der Waals surface area contributed by atoms with Gasteiger partial charge in [-0.25, -0.2) is 0 Å². The van der Waals surface area contributed by atoms with Gasteiger partial charge in [-0.1, -0.05) is 24.3 Å². The zero-order chi connectivity index (χ0) is 15.4. The lowest BCUT2D eigenvalue weighted by atomic mass is 10.1. The number of amides is 1. The molecule has 22 heavy (non-hydrogen) atoms. The van der Waals surface area contributed by atoms with Gasteiger partial charge < -0.3 is 15.0 Å². The van der Waals surface area contributed by atoms with Crippen LogP contribution >= 0.6 is 0 Å². The zero-order valence-corrected chi connectivity index (χ0v) is 12.7. The third kappa shape index (κ3) is 3.28. The highest BCUT2D eigenvalue weighted by Crippen LogP contribution is 2.22. The number of hydrogen-bond donors (Lipinski definition) is 1. The standard InChI is InChI=1S/C18H20N2O2/c1-14-13-19-10-11-20(14)18(21)15-6-5-9-17(12-15)22-16-7-3-2-4-8-16/h2-9,12,14,19H,10-11,13H2,1H3. The first-order valence-corrected chi connectivity index (χ1v) is 7.59. The van der Waals surface area contributed by atoms with Crippen molar-refractivity contribution in [1.29, 1.82) is 0 Å². The number of para-hydroxylation sites is 1. The topological polar surface area (TPSA) is 41.6 Å². The van der Waals surface area contributed by atoms with Gasteiger partial charge in [-0.3, -0.25) is 4.79 Å². The molecule has 1 N–H and O–H groups in total. The molecule has 0 radical (unpaired) electrons. The van der Waals surface area contributed by atoms with E-state index in [9.17, 15) is 4.79 Å². The van der Waals surface area contributed by atoms with Gasteiger partial charge >= 0.3 is 0 Å². The van der Waals surface area contributed by atoms with E-state index in [4.69, 9.17) is 4.74 Å². The van der Waals surface area contributed by atoms with Crippen LogP contribution in [0.15, 0.2) is 54.6 Å². The van der Waals surface area contributed by atoms with Crippen LogP contribution in [0.2, 0.25) is 0 Å². The lowest BCUT2D eigenvalue weighted by Crippen LogP contribution is -2.52. The van der Waals surface area contributed by atoms with Crippen LogP contribution in [0.5, 0.6) is 11.5 Å². The first-order valence-electron chi connectivity index (χ1n) is 7.59. The fourth-order valence-corrected chi connectivity index (χ4v) is 2.63. The van der Waals surface area contributed by atoms with Crippen LogP contribution in [0.1, 0.15) is 17.3 Å². The summed E-state index contributed by atoms with van der Waals surface area (Å²) in [5.74, 6) is 1.51. The molecule has 1 aliphatic rings. The van der Waals surface area contributed by atoms with Crippen LogP contribution < -0.4 is 10.1 Å². The Hall–Kier alpha value is -2.33. The first-order chi connectivity index (χ1) is 10.7. The molecule has 0 aromatic heterocycles. The average Bonchev–Trinajstić information content (AvgIpc) is 2.56. The highest BCUT2D eigenvalue weighted by atomic mass is 16.5. The van der Waals surface area contributed by atoms with Gasteiger partial charge in [0.05, 0.1) is 0 Å². The highest BCUT2D eigenvalue weighted by Gasteiger charge is 2.24. The van der Waals surface area contributed by atoms with Gasteiger partial charge in [0.2, 0.25) is 0 Å². The second-order valence-electron chi connectivity index (χ2n) is 5.49. The van der Waals surface area contributed by atoms with Crippen molar-refractivity contribution in [2.75, 3.05) is 19.6 Å². The molecule has 0 saturated carbocycles. The molecule has 4 nitrogen and oxygen atoms in total. The van der Waals surface area contributed by atoms with E-state index in [1.54, 1.807) is 0 Å². The molecule has 1 unspecified atom stereocenters. The van der Waals surface area contributed by atoms with Crippen LogP contribution in [0.4, 0.5) is 0 Å². The van der Waals surface area contributed by atoms with E-state index in [2.05, 4.69) is 12.2 Å². The predicted molar refractivity (Wildman–Crippen MR) is 86.3 cm³/mol. The Kier molecular flexibility index (Phi) is 4.39. The summed E-state index contributed by atoms with van der Waals surface area (Å²) < 4.78 is 5.80. The van der Waals surface area contributed by atoms with Crippen molar-refractivity contribution in [3.63, 3.8) is 0 Å². The Morgan fingerprint density at radius 3 is 2.68 bits per heavy atom. The van der Waals surface area contributed by atoms with Crippen molar-refractivity contribution in [2.45, 2.75) is 13.0 Å². The maximum Gasteiger partial charge on any atom is 0.254 e. The molecular formula is C18H20N2O2. The normalized spacial score (nSPS) is 18.0. The van der Waals surface area contributed by atoms with Crippen LogP contribution in [0, 0.1) is 0 Å². The summed E-state index contributed by atoms with van der Waals surface area (Å²) in [5.41, 5.74) is 0.669. The maximum absolute atomic E-state index is 12.7. The minimum Gasteiger partial charge on any atom is -0.457 e. The minimum atomic E-state index is 0.0625. The summed E-state index contributed by atoms with van der Waals surface area (Å²) in [6.07, 6.45) is 0. The molecule has 1 saturated heterocycles. The predicted octanol–water partition coefficient (Wildman–Crippen LogP) is 2.91. The van der Waals surface area contributed by atoms with Gasteiger partial charge in [0.15, 0.2) is 0 Å². The summed E-state index contributed by atoms with van der Waals surface area (Å²) in [6.45, 7) is 4.49. The number of carbonyl (C=O) groups excluding carboxylic acids is 1. The average molecular weight is 296 g/mol. The summed E-state index contributed by atoms with van der Waals surface area (Å²) >= 11 is 0. The summed E-state index contributed by atoms with van der Waals surface area (Å²) in [7, 11) is 0. The number of nitrogens with one attached hydrogen (secondary N) is 1. The summed E-state index contributed by atoms with van der Waals surface area (Å²) in [5, 5.41) is 3.30. The molecule has 1 fully saturated rings. The Morgan fingerprint density at radius 2 is 1.91 bits per heavy atom. The number of benzene rings is 2. The number of hydrogen-bond acceptors (Lipinski definition) is 3. The minimum absolute atomic E-state index is 0.0625. The first kappa shape index (κ1) is 14.6. The number of rotatable bonds is 3. The molecule has 0 spiro atoms. The second kappa shape index (κ2) is 6.62. The van der Waals surface area contributed by atoms with Crippen molar-refractivity contribution in [1.82, 2.24) is 10.2 Å².